The molecule has 3 aromatic carbocycles. The average molecular weight is 950 g/mol. The lowest BCUT2D eigenvalue weighted by atomic mass is 9.99. The van der Waals surface area contributed by atoms with E-state index < -0.39 is 108 Å². The maximum Gasteiger partial charge on any atom is 0.414 e. The van der Waals surface area contributed by atoms with Gasteiger partial charge in [0.05, 0.1) is 42.1 Å². The number of benzene rings is 3. The molecular formula is C44H55N9O13S. The molecule has 0 unspecified atom stereocenters. The molecule has 23 heteroatoms. The quantitative estimate of drug-likeness (QED) is 0.0456. The van der Waals surface area contributed by atoms with E-state index in [-0.39, 0.29) is 28.7 Å². The van der Waals surface area contributed by atoms with Crippen molar-refractivity contribution in [3.63, 3.8) is 0 Å². The number of nitrogens with one attached hydrogen (secondary N) is 6. The van der Waals surface area contributed by atoms with Crippen LogP contribution in [0, 0.1) is 5.92 Å². The molecule has 0 aliphatic rings. The Morgan fingerprint density at radius 1 is 0.761 bits per heavy atom. The Balaban J connectivity index is 1.36. The van der Waals surface area contributed by atoms with Crippen LogP contribution in [0.3, 0.4) is 0 Å². The molecule has 4 aromatic rings. The number of aliphatic hydroxyl groups is 2. The molecule has 1 aromatic heterocycles. The van der Waals surface area contributed by atoms with Crippen molar-refractivity contribution in [2.45, 2.75) is 75.3 Å². The zero-order chi connectivity index (χ0) is 49.4. The first-order valence-electron chi connectivity index (χ1n) is 20.9. The topological polar surface area (TPSA) is 340 Å². The number of hydrogen-bond donors (Lipinski definition) is 10. The SMILES string of the molecule is CC[C@H](C)[C@H](N)C(=O)N[C@@H](CO)C(=O)N[C@@H](CO)C(=O)NCC(=O)N[C@@H](Cc1ccc(O)cc1)C(=O)N[C@@H](C)C(=O)NC(=O)OCc1cc(-c2ccccc2)n(-c2ccc(S(C)(=O)=O)cc2)n1. The van der Waals surface area contributed by atoms with Gasteiger partial charge in [-0.1, -0.05) is 62.7 Å². The summed E-state index contributed by atoms with van der Waals surface area (Å²) in [4.78, 5) is 90.7. The molecule has 1 heterocycles. The van der Waals surface area contributed by atoms with Crippen molar-refractivity contribution in [2.24, 2.45) is 11.7 Å². The summed E-state index contributed by atoms with van der Waals surface area (Å²) in [5.74, 6) is -5.89. The zero-order valence-electron chi connectivity index (χ0n) is 37.1. The van der Waals surface area contributed by atoms with Crippen molar-refractivity contribution < 1.29 is 62.0 Å². The Kier molecular flexibility index (Phi) is 19.1. The van der Waals surface area contributed by atoms with Crippen LogP contribution in [-0.4, -0.2) is 131 Å². The minimum atomic E-state index is -3.46. The lowest BCUT2D eigenvalue weighted by Crippen LogP contribution is -2.59. The number of aromatic nitrogens is 2. The van der Waals surface area contributed by atoms with Crippen molar-refractivity contribution >= 4 is 51.4 Å². The van der Waals surface area contributed by atoms with Crippen LogP contribution in [0.15, 0.2) is 89.8 Å². The molecule has 7 amide bonds. The number of alkyl carbamates (subject to hydrolysis) is 1. The van der Waals surface area contributed by atoms with Crippen molar-refractivity contribution in [3.8, 4) is 22.7 Å². The molecule has 0 saturated carbocycles. The van der Waals surface area contributed by atoms with Gasteiger partial charge in [0.1, 0.15) is 42.2 Å². The van der Waals surface area contributed by atoms with Crippen LogP contribution in [0.5, 0.6) is 5.75 Å². The number of nitrogens with zero attached hydrogens (tertiary/aromatic N) is 2. The number of sulfone groups is 1. The van der Waals surface area contributed by atoms with Gasteiger partial charge in [-0.2, -0.15) is 5.10 Å². The third kappa shape index (κ3) is 15.4. The molecule has 0 fully saturated rings. The molecule has 0 bridgehead atoms. The first-order chi connectivity index (χ1) is 31.7. The van der Waals surface area contributed by atoms with Crippen LogP contribution in [0.25, 0.3) is 16.9 Å². The van der Waals surface area contributed by atoms with E-state index in [0.29, 0.717) is 23.4 Å². The molecule has 67 heavy (non-hydrogen) atoms. The van der Waals surface area contributed by atoms with E-state index in [0.717, 1.165) is 11.8 Å². The Morgan fingerprint density at radius 3 is 1.96 bits per heavy atom. The zero-order valence-corrected chi connectivity index (χ0v) is 37.9. The molecule has 360 valence electrons. The van der Waals surface area contributed by atoms with Gasteiger partial charge in [-0.25, -0.2) is 17.9 Å². The monoisotopic (exact) mass is 949 g/mol. The predicted octanol–water partition coefficient (Wildman–Crippen LogP) is -0.923. The number of phenols is 1. The highest BCUT2D eigenvalue weighted by Crippen LogP contribution is 2.25. The lowest BCUT2D eigenvalue weighted by Gasteiger charge is -2.24. The number of amides is 7. The molecule has 0 saturated heterocycles. The van der Waals surface area contributed by atoms with Crippen molar-refractivity contribution in [2.75, 3.05) is 26.0 Å². The van der Waals surface area contributed by atoms with Gasteiger partial charge in [0, 0.05) is 18.2 Å². The maximum absolute atomic E-state index is 13.5. The molecule has 4 rings (SSSR count). The molecular weight excluding hydrogens is 895 g/mol. The van der Waals surface area contributed by atoms with Crippen LogP contribution >= 0.6 is 0 Å². The summed E-state index contributed by atoms with van der Waals surface area (Å²) in [6.07, 6.45) is 0.302. The number of aliphatic hydroxyl groups excluding tert-OH is 2. The Morgan fingerprint density at radius 2 is 1.36 bits per heavy atom. The normalized spacial score (nSPS) is 13.9. The predicted molar refractivity (Wildman–Crippen MR) is 240 cm³/mol. The summed E-state index contributed by atoms with van der Waals surface area (Å²) in [5, 5.41) is 47.4. The number of ether oxygens (including phenoxy) is 1. The van der Waals surface area contributed by atoms with Crippen LogP contribution in [0.4, 0.5) is 4.79 Å². The second-order valence-electron chi connectivity index (χ2n) is 15.5. The number of carbonyl (C=O) groups is 7. The first-order valence-corrected chi connectivity index (χ1v) is 22.8. The van der Waals surface area contributed by atoms with E-state index in [1.165, 1.54) is 43.3 Å². The van der Waals surface area contributed by atoms with Gasteiger partial charge < -0.3 is 52.4 Å². The third-order valence-electron chi connectivity index (χ3n) is 10.3. The molecule has 6 atom stereocenters. The Labute approximate surface area is 385 Å². The Bertz CT molecular complexity index is 2490. The van der Waals surface area contributed by atoms with E-state index in [2.05, 4.69) is 31.7 Å². The highest BCUT2D eigenvalue weighted by molar-refractivity contribution is 7.90. The summed E-state index contributed by atoms with van der Waals surface area (Å²) < 4.78 is 30.8. The second kappa shape index (κ2) is 24.4. The van der Waals surface area contributed by atoms with Crippen LogP contribution in [0.2, 0.25) is 0 Å². The summed E-state index contributed by atoms with van der Waals surface area (Å²) in [5.41, 5.74) is 8.48. The summed E-state index contributed by atoms with van der Waals surface area (Å²) in [6, 6.07) is 15.5. The minimum Gasteiger partial charge on any atom is -0.508 e. The van der Waals surface area contributed by atoms with E-state index in [1.807, 2.05) is 42.6 Å². The van der Waals surface area contributed by atoms with Crippen LogP contribution < -0.4 is 37.6 Å². The van der Waals surface area contributed by atoms with Gasteiger partial charge in [0.25, 0.3) is 5.91 Å². The van der Waals surface area contributed by atoms with Crippen molar-refractivity contribution in [3.05, 3.63) is 96.2 Å². The van der Waals surface area contributed by atoms with E-state index in [4.69, 9.17) is 10.5 Å². The Hall–Kier alpha value is -7.21. The fraction of sp³-hybridized carbons (Fsp3) is 0.364. The fourth-order valence-corrected chi connectivity index (χ4v) is 6.79. The largest absolute Gasteiger partial charge is 0.508 e. The van der Waals surface area contributed by atoms with Gasteiger partial charge in [0.15, 0.2) is 9.84 Å². The lowest BCUT2D eigenvalue weighted by molar-refractivity contribution is -0.135. The van der Waals surface area contributed by atoms with Gasteiger partial charge >= 0.3 is 6.09 Å². The number of hydrogen-bond acceptors (Lipinski definition) is 15. The molecule has 0 radical (unpaired) electrons. The molecule has 0 aliphatic carbocycles. The third-order valence-corrected chi connectivity index (χ3v) is 11.4. The van der Waals surface area contributed by atoms with Gasteiger partial charge in [-0.3, -0.25) is 34.1 Å². The minimum absolute atomic E-state index is 0.0761. The molecule has 11 N–H and O–H groups in total. The average Bonchev–Trinajstić information content (AvgIpc) is 3.75. The number of rotatable bonds is 22. The van der Waals surface area contributed by atoms with Crippen molar-refractivity contribution in [1.82, 2.24) is 41.7 Å². The summed E-state index contributed by atoms with van der Waals surface area (Å²) >= 11 is 0. The maximum atomic E-state index is 13.5. The highest BCUT2D eigenvalue weighted by atomic mass is 32.2. The number of carbonyl (C=O) groups excluding carboxylic acids is 7. The number of aromatic hydroxyl groups is 1. The second-order valence-corrected chi connectivity index (χ2v) is 17.5. The number of phenolic OH excluding ortho intramolecular Hbond substituents is 1. The molecule has 0 aliphatic heterocycles. The van der Waals surface area contributed by atoms with Crippen molar-refractivity contribution in [1.29, 1.82) is 0 Å². The van der Waals surface area contributed by atoms with Gasteiger partial charge in [0.2, 0.25) is 29.5 Å². The van der Waals surface area contributed by atoms with E-state index in [1.54, 1.807) is 29.8 Å². The first kappa shape index (κ1) is 52.4. The highest BCUT2D eigenvalue weighted by Gasteiger charge is 2.30. The standard InChI is InChI=1S/C44H55N9O13S/c1-5-25(2)38(45)43(62)50-35(23-55)42(61)49-34(22-54)40(59)46-21-37(57)48-33(19-27-11-15-31(56)16-12-27)41(60)47-26(3)39(58)51-44(63)66-24-29-20-36(28-9-7-6-8-10-28)53(52-29)30-13-17-32(18-14-30)67(4,64)65/h6-18,20,25-26,33-35,38,54-56H,5,19,21-24,45H2,1-4H3,(H,46,59)(H,47,60)(H,48,57)(H,49,61)(H,50,62)(H,51,58,63)/t25-,26-,33-,34-,35-,38-/m0/s1. The van der Waals surface area contributed by atoms with Gasteiger partial charge in [-0.15, -0.1) is 0 Å². The number of nitrogens with two attached hydrogens (primary N) is 1. The smallest absolute Gasteiger partial charge is 0.414 e. The molecule has 22 nitrogen and oxygen atoms in total. The molecule has 0 spiro atoms. The van der Waals surface area contributed by atoms with Gasteiger partial charge in [-0.05, 0) is 60.9 Å². The van der Waals surface area contributed by atoms with Crippen LogP contribution in [0.1, 0.15) is 38.4 Å². The summed E-state index contributed by atoms with van der Waals surface area (Å²) in [6.45, 7) is 1.83. The van der Waals surface area contributed by atoms with E-state index in [9.17, 15) is 57.3 Å². The van der Waals surface area contributed by atoms with Crippen LogP contribution in [-0.2, 0) is 56.4 Å². The fourth-order valence-electron chi connectivity index (χ4n) is 6.16. The number of imide groups is 1. The summed E-state index contributed by atoms with van der Waals surface area (Å²) in [7, 11) is -3.46. The van der Waals surface area contributed by atoms with E-state index >= 15 is 0 Å².